The number of fused-ring (bicyclic) bond motifs is 1. The Kier molecular flexibility index (Phi) is 4.02. The lowest BCUT2D eigenvalue weighted by atomic mass is 10.0. The van der Waals surface area contributed by atoms with Gasteiger partial charge in [-0.2, -0.15) is 10.4 Å². The van der Waals surface area contributed by atoms with Crippen LogP contribution in [0.15, 0.2) is 36.8 Å². The van der Waals surface area contributed by atoms with E-state index in [4.69, 9.17) is 5.26 Å². The van der Waals surface area contributed by atoms with Gasteiger partial charge in [-0.1, -0.05) is 12.1 Å². The number of nitrogens with zero attached hydrogens (tertiary/aromatic N) is 6. The molecular formula is C18H17FN6. The van der Waals surface area contributed by atoms with Gasteiger partial charge in [0.25, 0.3) is 0 Å². The van der Waals surface area contributed by atoms with E-state index in [9.17, 15) is 4.39 Å². The predicted octanol–water partition coefficient (Wildman–Crippen LogP) is 3.22. The maximum atomic E-state index is 13.2. The van der Waals surface area contributed by atoms with Crippen molar-refractivity contribution in [2.75, 3.05) is 11.4 Å². The Morgan fingerprint density at radius 2 is 2.08 bits per heavy atom. The van der Waals surface area contributed by atoms with Crippen LogP contribution < -0.4 is 4.90 Å². The van der Waals surface area contributed by atoms with Crippen LogP contribution in [0, 0.1) is 17.1 Å². The molecule has 0 aliphatic carbocycles. The van der Waals surface area contributed by atoms with Crippen molar-refractivity contribution in [2.24, 2.45) is 0 Å². The monoisotopic (exact) mass is 336 g/mol. The number of aryl methyl sites for hydroxylation is 1. The van der Waals surface area contributed by atoms with Crippen LogP contribution >= 0.6 is 0 Å². The molecule has 4 rings (SSSR count). The molecule has 0 spiro atoms. The molecular weight excluding hydrogens is 319 g/mol. The Bertz CT molecular complexity index is 927. The SMILES string of the molecule is N#CCCn1ncc2c(N3CCCC3c3ccc(F)cc3)ncnc21. The first-order valence-electron chi connectivity index (χ1n) is 8.33. The van der Waals surface area contributed by atoms with Crippen molar-refractivity contribution in [3.8, 4) is 6.07 Å². The van der Waals surface area contributed by atoms with Gasteiger partial charge in [-0.25, -0.2) is 19.0 Å². The third kappa shape index (κ3) is 2.80. The fourth-order valence-corrected chi connectivity index (χ4v) is 3.48. The minimum absolute atomic E-state index is 0.168. The number of rotatable bonds is 4. The first-order chi connectivity index (χ1) is 12.3. The zero-order valence-electron chi connectivity index (χ0n) is 13.6. The number of nitriles is 1. The van der Waals surface area contributed by atoms with E-state index in [2.05, 4.69) is 26.0 Å². The summed E-state index contributed by atoms with van der Waals surface area (Å²) in [6, 6.07) is 8.98. The van der Waals surface area contributed by atoms with E-state index in [0.717, 1.165) is 41.8 Å². The smallest absolute Gasteiger partial charge is 0.163 e. The van der Waals surface area contributed by atoms with Gasteiger partial charge >= 0.3 is 0 Å². The Labute approximate surface area is 144 Å². The van der Waals surface area contributed by atoms with Gasteiger partial charge in [0.2, 0.25) is 0 Å². The summed E-state index contributed by atoms with van der Waals surface area (Å²) in [6.45, 7) is 1.40. The van der Waals surface area contributed by atoms with Gasteiger partial charge in [-0.15, -0.1) is 0 Å². The first kappa shape index (κ1) is 15.5. The Balaban J connectivity index is 1.72. The van der Waals surface area contributed by atoms with Crippen molar-refractivity contribution in [3.05, 3.63) is 48.2 Å². The fourth-order valence-electron chi connectivity index (χ4n) is 3.48. The van der Waals surface area contributed by atoms with Crippen LogP contribution in [-0.4, -0.2) is 26.3 Å². The topological polar surface area (TPSA) is 70.6 Å². The minimum Gasteiger partial charge on any atom is -0.349 e. The summed E-state index contributed by atoms with van der Waals surface area (Å²) >= 11 is 0. The molecule has 0 amide bonds. The van der Waals surface area contributed by atoms with Crippen molar-refractivity contribution in [2.45, 2.75) is 31.8 Å². The summed E-state index contributed by atoms with van der Waals surface area (Å²) < 4.78 is 15.0. The maximum absolute atomic E-state index is 13.2. The van der Waals surface area contributed by atoms with E-state index in [1.807, 2.05) is 12.1 Å². The molecule has 0 N–H and O–H groups in total. The van der Waals surface area contributed by atoms with Crippen LogP contribution in [0.1, 0.15) is 30.9 Å². The lowest BCUT2D eigenvalue weighted by Gasteiger charge is -2.26. The van der Waals surface area contributed by atoms with Crippen molar-refractivity contribution in [1.82, 2.24) is 19.7 Å². The number of anilines is 1. The van der Waals surface area contributed by atoms with E-state index >= 15 is 0 Å². The number of hydrogen-bond acceptors (Lipinski definition) is 5. The van der Waals surface area contributed by atoms with Crippen LogP contribution in [0.2, 0.25) is 0 Å². The van der Waals surface area contributed by atoms with Crippen LogP contribution in [0.25, 0.3) is 11.0 Å². The second-order valence-corrected chi connectivity index (χ2v) is 6.11. The molecule has 1 fully saturated rings. The molecule has 1 unspecified atom stereocenters. The zero-order valence-corrected chi connectivity index (χ0v) is 13.6. The van der Waals surface area contributed by atoms with Crippen molar-refractivity contribution in [3.63, 3.8) is 0 Å². The minimum atomic E-state index is -0.225. The average molecular weight is 336 g/mol. The Hall–Kier alpha value is -3.01. The zero-order chi connectivity index (χ0) is 17.2. The summed E-state index contributed by atoms with van der Waals surface area (Å²) in [6.07, 6.45) is 5.75. The summed E-state index contributed by atoms with van der Waals surface area (Å²) in [4.78, 5) is 11.1. The Morgan fingerprint density at radius 1 is 1.24 bits per heavy atom. The molecule has 3 heterocycles. The van der Waals surface area contributed by atoms with Crippen molar-refractivity contribution >= 4 is 16.9 Å². The molecule has 6 nitrogen and oxygen atoms in total. The van der Waals surface area contributed by atoms with Crippen LogP contribution in [0.5, 0.6) is 0 Å². The summed E-state index contributed by atoms with van der Waals surface area (Å²) in [5, 5.41) is 14.0. The fraction of sp³-hybridized carbons (Fsp3) is 0.333. The van der Waals surface area contributed by atoms with Gasteiger partial charge in [-0.3, -0.25) is 0 Å². The van der Waals surface area contributed by atoms with Crippen molar-refractivity contribution < 1.29 is 4.39 Å². The molecule has 126 valence electrons. The molecule has 1 aliphatic heterocycles. The number of hydrogen-bond donors (Lipinski definition) is 0. The highest BCUT2D eigenvalue weighted by molar-refractivity contribution is 5.87. The first-order valence-corrected chi connectivity index (χ1v) is 8.33. The molecule has 3 aromatic rings. The molecule has 0 bridgehead atoms. The molecule has 7 heteroatoms. The number of benzene rings is 1. The lowest BCUT2D eigenvalue weighted by molar-refractivity contribution is 0.624. The largest absolute Gasteiger partial charge is 0.349 e. The number of aromatic nitrogens is 4. The molecule has 1 saturated heterocycles. The molecule has 0 saturated carbocycles. The highest BCUT2D eigenvalue weighted by Gasteiger charge is 2.29. The van der Waals surface area contributed by atoms with E-state index in [1.54, 1.807) is 17.2 Å². The quantitative estimate of drug-likeness (QED) is 0.731. The van der Waals surface area contributed by atoms with Gasteiger partial charge in [0, 0.05) is 6.54 Å². The molecule has 1 atom stereocenters. The van der Waals surface area contributed by atoms with Crippen LogP contribution in [0.3, 0.4) is 0 Å². The van der Waals surface area contributed by atoms with Crippen LogP contribution in [-0.2, 0) is 6.54 Å². The third-order valence-corrected chi connectivity index (χ3v) is 4.63. The molecule has 25 heavy (non-hydrogen) atoms. The molecule has 2 aromatic heterocycles. The lowest BCUT2D eigenvalue weighted by Crippen LogP contribution is -2.23. The van der Waals surface area contributed by atoms with E-state index in [-0.39, 0.29) is 11.9 Å². The van der Waals surface area contributed by atoms with Crippen LogP contribution in [0.4, 0.5) is 10.2 Å². The third-order valence-electron chi connectivity index (χ3n) is 4.63. The van der Waals surface area contributed by atoms with Gasteiger partial charge in [-0.05, 0) is 30.5 Å². The van der Waals surface area contributed by atoms with E-state index in [0.29, 0.717) is 13.0 Å². The summed E-state index contributed by atoms with van der Waals surface area (Å²) in [7, 11) is 0. The summed E-state index contributed by atoms with van der Waals surface area (Å²) in [5.74, 6) is 0.622. The second kappa shape index (κ2) is 6.48. The van der Waals surface area contributed by atoms with E-state index < -0.39 is 0 Å². The van der Waals surface area contributed by atoms with Gasteiger partial charge in [0.05, 0.1) is 36.7 Å². The van der Waals surface area contributed by atoms with Gasteiger partial charge in [0.15, 0.2) is 5.65 Å². The standard InChI is InChI=1S/C18H17FN6/c19-14-6-4-13(5-7-14)16-3-1-9-24(16)17-15-11-23-25(10-2-8-20)18(15)22-12-21-17/h4-7,11-12,16H,1-3,9-10H2. The van der Waals surface area contributed by atoms with Gasteiger partial charge in [0.1, 0.15) is 18.0 Å². The normalized spacial score (nSPS) is 17.1. The molecule has 1 aliphatic rings. The predicted molar refractivity (Wildman–Crippen MR) is 91.3 cm³/mol. The average Bonchev–Trinajstić information content (AvgIpc) is 3.27. The Morgan fingerprint density at radius 3 is 2.88 bits per heavy atom. The van der Waals surface area contributed by atoms with E-state index in [1.165, 1.54) is 12.1 Å². The highest BCUT2D eigenvalue weighted by Crippen LogP contribution is 2.37. The maximum Gasteiger partial charge on any atom is 0.163 e. The second-order valence-electron chi connectivity index (χ2n) is 6.11. The van der Waals surface area contributed by atoms with Crippen molar-refractivity contribution in [1.29, 1.82) is 5.26 Å². The molecule has 0 radical (unpaired) electrons. The number of halogens is 1. The summed E-state index contributed by atoms with van der Waals surface area (Å²) in [5.41, 5.74) is 1.83. The highest BCUT2D eigenvalue weighted by atomic mass is 19.1. The van der Waals surface area contributed by atoms with Gasteiger partial charge < -0.3 is 4.90 Å². The molecule has 1 aromatic carbocycles.